The topological polar surface area (TPSA) is 66.4 Å². The van der Waals surface area contributed by atoms with Crippen molar-refractivity contribution in [3.8, 4) is 0 Å². The molecule has 0 radical (unpaired) electrons. The second-order valence-electron chi connectivity index (χ2n) is 3.11. The largest absolute Gasteiger partial charge is 0.478 e. The van der Waals surface area contributed by atoms with Crippen molar-refractivity contribution in [2.24, 2.45) is 0 Å². The molecule has 0 aliphatic heterocycles. The fourth-order valence-corrected chi connectivity index (χ4v) is 1.03. The lowest BCUT2D eigenvalue weighted by Gasteiger charge is -2.07. The van der Waals surface area contributed by atoms with Crippen LogP contribution in [0.4, 0.5) is 27.6 Å². The highest BCUT2D eigenvalue weighted by atomic mass is 19.2. The molecule has 0 saturated heterocycles. The number of aliphatic carboxylic acids is 1. The highest BCUT2D eigenvalue weighted by molar-refractivity contribution is 6.02. The minimum absolute atomic E-state index is 0.321. The van der Waals surface area contributed by atoms with E-state index < -0.39 is 46.6 Å². The summed E-state index contributed by atoms with van der Waals surface area (Å²) in [4.78, 5) is 21.1. The number of halogens is 5. The Hall–Kier alpha value is -2.45. The first-order valence-electron chi connectivity index (χ1n) is 4.49. The van der Waals surface area contributed by atoms with Gasteiger partial charge in [-0.05, 0) is 0 Å². The van der Waals surface area contributed by atoms with Crippen molar-refractivity contribution in [2.75, 3.05) is 5.32 Å². The van der Waals surface area contributed by atoms with E-state index in [4.69, 9.17) is 5.11 Å². The Balaban J connectivity index is 3.16. The predicted molar refractivity (Wildman–Crippen MR) is 51.6 cm³/mol. The van der Waals surface area contributed by atoms with Gasteiger partial charge in [-0.3, -0.25) is 4.79 Å². The second kappa shape index (κ2) is 5.46. The summed E-state index contributed by atoms with van der Waals surface area (Å²) in [7, 11) is 0. The van der Waals surface area contributed by atoms with Gasteiger partial charge in [0, 0.05) is 12.2 Å². The number of carboxylic acid groups (broad SMARTS) is 1. The van der Waals surface area contributed by atoms with Gasteiger partial charge in [-0.15, -0.1) is 0 Å². The Morgan fingerprint density at radius 1 is 0.842 bits per heavy atom. The molecule has 4 nitrogen and oxygen atoms in total. The first kappa shape index (κ1) is 14.6. The zero-order valence-electron chi connectivity index (χ0n) is 8.81. The van der Waals surface area contributed by atoms with Crippen molar-refractivity contribution in [1.82, 2.24) is 0 Å². The van der Waals surface area contributed by atoms with Crippen LogP contribution in [0.15, 0.2) is 12.2 Å². The van der Waals surface area contributed by atoms with E-state index >= 15 is 0 Å². The Kier molecular flexibility index (Phi) is 4.20. The summed E-state index contributed by atoms with van der Waals surface area (Å²) in [6.45, 7) is 0. The van der Waals surface area contributed by atoms with Gasteiger partial charge in [0.1, 0.15) is 5.69 Å². The summed E-state index contributed by atoms with van der Waals surface area (Å²) >= 11 is 0. The first-order chi connectivity index (χ1) is 8.75. The van der Waals surface area contributed by atoms with E-state index in [0.717, 1.165) is 0 Å². The molecule has 0 aromatic heterocycles. The number of carbonyl (C=O) groups excluding carboxylic acids is 1. The molecule has 102 valence electrons. The summed E-state index contributed by atoms with van der Waals surface area (Å²) in [5.74, 6) is -14.2. The molecule has 0 aliphatic rings. The zero-order valence-corrected chi connectivity index (χ0v) is 8.81. The van der Waals surface area contributed by atoms with Gasteiger partial charge in [0.15, 0.2) is 23.3 Å². The summed E-state index contributed by atoms with van der Waals surface area (Å²) in [5, 5.41) is 9.53. The quantitative estimate of drug-likeness (QED) is 0.385. The maximum absolute atomic E-state index is 13.1. The van der Waals surface area contributed by atoms with Crippen molar-refractivity contribution >= 4 is 17.6 Å². The SMILES string of the molecule is O=C(O)/C=C\C(=O)Nc1c(F)c(F)c(F)c(F)c1F. The lowest BCUT2D eigenvalue weighted by Crippen LogP contribution is -2.15. The molecule has 0 fully saturated rings. The lowest BCUT2D eigenvalue weighted by atomic mass is 10.2. The van der Waals surface area contributed by atoms with Crippen LogP contribution in [0.5, 0.6) is 0 Å². The van der Waals surface area contributed by atoms with Gasteiger partial charge in [0.25, 0.3) is 0 Å². The van der Waals surface area contributed by atoms with Gasteiger partial charge in [-0.25, -0.2) is 26.7 Å². The number of anilines is 1. The minimum atomic E-state index is -2.37. The monoisotopic (exact) mass is 281 g/mol. The first-order valence-corrected chi connectivity index (χ1v) is 4.49. The van der Waals surface area contributed by atoms with Crippen molar-refractivity contribution in [3.63, 3.8) is 0 Å². The molecule has 1 amide bonds. The Morgan fingerprint density at radius 2 is 1.26 bits per heavy atom. The van der Waals surface area contributed by atoms with Gasteiger partial charge < -0.3 is 10.4 Å². The third-order valence-electron chi connectivity index (χ3n) is 1.84. The summed E-state index contributed by atoms with van der Waals surface area (Å²) in [6, 6.07) is 0. The number of carbonyl (C=O) groups is 2. The second-order valence-corrected chi connectivity index (χ2v) is 3.11. The molecule has 19 heavy (non-hydrogen) atoms. The van der Waals surface area contributed by atoms with Crippen LogP contribution in [0.25, 0.3) is 0 Å². The minimum Gasteiger partial charge on any atom is -0.478 e. The average molecular weight is 281 g/mol. The molecular formula is C10H4F5NO3. The molecule has 0 unspecified atom stereocenters. The van der Waals surface area contributed by atoms with Crippen molar-refractivity contribution in [3.05, 3.63) is 41.2 Å². The standard InChI is InChI=1S/C10H4F5NO3/c11-5-6(12)8(14)10(9(15)7(5)13)16-3(17)1-2-4(18)19/h1-2H,(H,16,17)(H,18,19)/b2-1-. The number of carboxylic acids is 1. The Labute approximate surface area is 102 Å². The van der Waals surface area contributed by atoms with E-state index in [1.54, 1.807) is 0 Å². The Bertz CT molecular complexity index is 556. The van der Waals surface area contributed by atoms with Crippen LogP contribution in [0.1, 0.15) is 0 Å². The van der Waals surface area contributed by atoms with Crippen LogP contribution < -0.4 is 5.32 Å². The van der Waals surface area contributed by atoms with Crippen LogP contribution in [0.2, 0.25) is 0 Å². The lowest BCUT2D eigenvalue weighted by molar-refractivity contribution is -0.131. The van der Waals surface area contributed by atoms with Crippen LogP contribution >= 0.6 is 0 Å². The molecule has 0 bridgehead atoms. The molecule has 0 atom stereocenters. The highest BCUT2D eigenvalue weighted by Crippen LogP contribution is 2.26. The van der Waals surface area contributed by atoms with Crippen LogP contribution in [-0.2, 0) is 9.59 Å². The predicted octanol–water partition coefficient (Wildman–Crippen LogP) is 1.96. The number of nitrogens with one attached hydrogen (secondary N) is 1. The molecule has 2 N–H and O–H groups in total. The van der Waals surface area contributed by atoms with Gasteiger partial charge >= 0.3 is 5.97 Å². The fourth-order valence-electron chi connectivity index (χ4n) is 1.03. The number of hydrogen-bond donors (Lipinski definition) is 2. The molecular weight excluding hydrogens is 277 g/mol. The smallest absolute Gasteiger partial charge is 0.328 e. The van der Waals surface area contributed by atoms with E-state index in [0.29, 0.717) is 12.2 Å². The molecule has 0 saturated carbocycles. The summed E-state index contributed by atoms with van der Waals surface area (Å²) in [5.41, 5.74) is -1.56. The van der Waals surface area contributed by atoms with Crippen molar-refractivity contribution in [1.29, 1.82) is 0 Å². The molecule has 0 aliphatic carbocycles. The Morgan fingerprint density at radius 3 is 1.68 bits per heavy atom. The van der Waals surface area contributed by atoms with Gasteiger partial charge in [0.05, 0.1) is 0 Å². The van der Waals surface area contributed by atoms with E-state index in [9.17, 15) is 31.5 Å². The molecule has 1 aromatic rings. The van der Waals surface area contributed by atoms with Crippen LogP contribution in [0.3, 0.4) is 0 Å². The summed E-state index contributed by atoms with van der Waals surface area (Å²) < 4.78 is 64.3. The third kappa shape index (κ3) is 3.06. The van der Waals surface area contributed by atoms with Gasteiger partial charge in [0.2, 0.25) is 11.7 Å². The van der Waals surface area contributed by atoms with E-state index in [2.05, 4.69) is 0 Å². The number of amides is 1. The van der Waals surface area contributed by atoms with Gasteiger partial charge in [-0.2, -0.15) is 0 Å². The van der Waals surface area contributed by atoms with Gasteiger partial charge in [-0.1, -0.05) is 0 Å². The number of rotatable bonds is 3. The van der Waals surface area contributed by atoms with Crippen LogP contribution in [0, 0.1) is 29.1 Å². The number of benzene rings is 1. The molecule has 1 rings (SSSR count). The normalized spacial score (nSPS) is 10.8. The summed E-state index contributed by atoms with van der Waals surface area (Å²) in [6.07, 6.45) is 0.668. The third-order valence-corrected chi connectivity index (χ3v) is 1.84. The molecule has 0 heterocycles. The van der Waals surface area contributed by atoms with E-state index in [-0.39, 0.29) is 0 Å². The zero-order chi connectivity index (χ0) is 14.7. The van der Waals surface area contributed by atoms with E-state index in [1.165, 1.54) is 5.32 Å². The van der Waals surface area contributed by atoms with Crippen molar-refractivity contribution in [2.45, 2.75) is 0 Å². The molecule has 0 spiro atoms. The maximum Gasteiger partial charge on any atom is 0.328 e. The van der Waals surface area contributed by atoms with Crippen LogP contribution in [-0.4, -0.2) is 17.0 Å². The molecule has 9 heteroatoms. The molecule has 1 aromatic carbocycles. The average Bonchev–Trinajstić information content (AvgIpc) is 2.36. The van der Waals surface area contributed by atoms with E-state index in [1.807, 2.05) is 0 Å². The van der Waals surface area contributed by atoms with Crippen molar-refractivity contribution < 1.29 is 36.6 Å². The number of hydrogen-bond acceptors (Lipinski definition) is 2. The maximum atomic E-state index is 13.1. The highest BCUT2D eigenvalue weighted by Gasteiger charge is 2.26. The fraction of sp³-hybridized carbons (Fsp3) is 0.